The molecule has 0 saturated heterocycles. The highest BCUT2D eigenvalue weighted by Crippen LogP contribution is 2.20. The Hall–Kier alpha value is -3.94. The number of aromatic carboxylic acids is 1. The number of nitrogens with zero attached hydrogens (tertiary/aromatic N) is 2. The first-order chi connectivity index (χ1) is 13.3. The summed E-state index contributed by atoms with van der Waals surface area (Å²) in [6, 6.07) is 12.3. The summed E-state index contributed by atoms with van der Waals surface area (Å²) in [7, 11) is 0. The number of aromatic nitrogens is 2. The zero-order valence-electron chi connectivity index (χ0n) is 15.1. The number of carboxylic acid groups (broad SMARTS) is 1. The van der Waals surface area contributed by atoms with E-state index in [-0.39, 0.29) is 16.8 Å². The van der Waals surface area contributed by atoms with Crippen molar-refractivity contribution in [2.24, 2.45) is 4.99 Å². The molecule has 3 rings (SSSR count). The summed E-state index contributed by atoms with van der Waals surface area (Å²) in [6.45, 7) is 3.38. The van der Waals surface area contributed by atoms with E-state index in [1.54, 1.807) is 24.3 Å². The highest BCUT2D eigenvalue weighted by atomic mass is 16.4. The molecule has 0 aliphatic carbocycles. The van der Waals surface area contributed by atoms with Crippen molar-refractivity contribution in [1.82, 2.24) is 9.55 Å². The number of hydrogen-bond donors (Lipinski definition) is 2. The summed E-state index contributed by atoms with van der Waals surface area (Å²) < 4.78 is 0.981. The van der Waals surface area contributed by atoms with Gasteiger partial charge in [0.05, 0.1) is 23.1 Å². The molecule has 0 spiro atoms. The van der Waals surface area contributed by atoms with Gasteiger partial charge in [-0.3, -0.25) is 14.8 Å². The van der Waals surface area contributed by atoms with Gasteiger partial charge in [0.25, 0.3) is 5.56 Å². The lowest BCUT2D eigenvalue weighted by atomic mass is 10.1. The molecule has 0 atom stereocenters. The molecule has 0 saturated carbocycles. The molecule has 1 aromatic heterocycles. The van der Waals surface area contributed by atoms with E-state index in [2.05, 4.69) is 9.98 Å². The Morgan fingerprint density at radius 1 is 1.07 bits per heavy atom. The number of aliphatic imine (C=N–C) groups is 1. The minimum absolute atomic E-state index is 0.00906. The number of aryl methyl sites for hydroxylation is 1. The monoisotopic (exact) mass is 378 g/mol. The van der Waals surface area contributed by atoms with Crippen molar-refractivity contribution < 1.29 is 15.0 Å². The van der Waals surface area contributed by atoms with Gasteiger partial charge in [-0.2, -0.15) is 0 Å². The number of carbonyl (C=O) groups excluding carboxylic acids is 1. The van der Waals surface area contributed by atoms with Gasteiger partial charge in [-0.25, -0.2) is 9.36 Å². The van der Waals surface area contributed by atoms with E-state index in [0.717, 1.165) is 10.1 Å². The van der Waals surface area contributed by atoms with Gasteiger partial charge in [-0.15, -0.1) is 0 Å². The maximum atomic E-state index is 12.3. The van der Waals surface area contributed by atoms with Gasteiger partial charge < -0.3 is 15.0 Å². The number of carboxylic acids is 1. The molecule has 3 aromatic rings. The quantitative estimate of drug-likeness (QED) is 0.656. The van der Waals surface area contributed by atoms with Crippen LogP contribution < -0.4 is 16.4 Å². The van der Waals surface area contributed by atoms with E-state index in [1.165, 1.54) is 31.2 Å². The number of aromatic hydroxyl groups is 1. The average molecular weight is 378 g/mol. The van der Waals surface area contributed by atoms with Crippen LogP contribution >= 0.6 is 0 Å². The topological polar surface area (TPSA) is 128 Å². The summed E-state index contributed by atoms with van der Waals surface area (Å²) in [5, 5.41) is 21.4. The second kappa shape index (κ2) is 7.36. The predicted molar refractivity (Wildman–Crippen MR) is 102 cm³/mol. The molecule has 28 heavy (non-hydrogen) atoms. The second-order valence-electron chi connectivity index (χ2n) is 6.16. The van der Waals surface area contributed by atoms with Crippen LogP contribution in [-0.2, 0) is 0 Å². The van der Waals surface area contributed by atoms with Crippen molar-refractivity contribution in [2.45, 2.75) is 13.8 Å². The number of benzene rings is 2. The maximum Gasteiger partial charge on any atom is 0.335 e. The molecule has 1 heterocycles. The Morgan fingerprint density at radius 3 is 2.25 bits per heavy atom. The number of aromatic amines is 1. The van der Waals surface area contributed by atoms with Gasteiger partial charge in [0.2, 0.25) is 5.88 Å². The van der Waals surface area contributed by atoms with Crippen LogP contribution in [0.1, 0.15) is 28.4 Å². The third-order valence-electron chi connectivity index (χ3n) is 4.14. The van der Waals surface area contributed by atoms with Crippen LogP contribution in [0.5, 0.6) is 5.88 Å². The minimum Gasteiger partial charge on any atom is -0.545 e. The molecule has 8 heteroatoms. The van der Waals surface area contributed by atoms with E-state index in [9.17, 15) is 24.6 Å². The molecule has 2 aromatic carbocycles. The van der Waals surface area contributed by atoms with Crippen molar-refractivity contribution in [3.8, 4) is 11.6 Å². The number of rotatable bonds is 4. The van der Waals surface area contributed by atoms with Crippen molar-refractivity contribution >= 4 is 17.4 Å². The van der Waals surface area contributed by atoms with Crippen LogP contribution in [0.15, 0.2) is 63.1 Å². The molecule has 2 N–H and O–H groups in total. The fraction of sp³-hybridized carbons (Fsp3) is 0.100. The molecular formula is C20H16N3O5-. The first kappa shape index (κ1) is 18.8. The van der Waals surface area contributed by atoms with E-state index < -0.39 is 23.1 Å². The summed E-state index contributed by atoms with van der Waals surface area (Å²) in [4.78, 5) is 41.7. The standard InChI is InChI=1S/C20H17N3O5/c1-11-3-9-15(10-4-11)23-18(25)16(17(24)22-20(23)28)12(2)21-14-7-5-13(6-8-14)19(26)27/h3-10,25H,1-2H3,(H,26,27)(H,22,24,28)/p-1. The lowest BCUT2D eigenvalue weighted by Gasteiger charge is -2.11. The molecular weight excluding hydrogens is 362 g/mol. The van der Waals surface area contributed by atoms with Crippen molar-refractivity contribution in [3.63, 3.8) is 0 Å². The Balaban J connectivity index is 2.12. The number of H-pyrrole nitrogens is 1. The fourth-order valence-electron chi connectivity index (χ4n) is 2.71. The largest absolute Gasteiger partial charge is 0.545 e. The fourth-order valence-corrected chi connectivity index (χ4v) is 2.71. The van der Waals surface area contributed by atoms with E-state index >= 15 is 0 Å². The first-order valence-corrected chi connectivity index (χ1v) is 8.30. The Bertz CT molecular complexity index is 1190. The van der Waals surface area contributed by atoms with Gasteiger partial charge in [-0.1, -0.05) is 29.8 Å². The first-order valence-electron chi connectivity index (χ1n) is 8.30. The third kappa shape index (κ3) is 3.61. The smallest absolute Gasteiger partial charge is 0.335 e. The molecule has 0 amide bonds. The van der Waals surface area contributed by atoms with Crippen LogP contribution in [0.2, 0.25) is 0 Å². The third-order valence-corrected chi connectivity index (χ3v) is 4.14. The summed E-state index contributed by atoms with van der Waals surface area (Å²) >= 11 is 0. The lowest BCUT2D eigenvalue weighted by Crippen LogP contribution is -2.32. The molecule has 142 valence electrons. The number of hydrogen-bond acceptors (Lipinski definition) is 6. The van der Waals surface area contributed by atoms with Gasteiger partial charge in [0, 0.05) is 0 Å². The molecule has 0 bridgehead atoms. The Kier molecular flexibility index (Phi) is 4.95. The zero-order valence-corrected chi connectivity index (χ0v) is 15.1. The van der Waals surface area contributed by atoms with Gasteiger partial charge in [0.1, 0.15) is 5.56 Å². The van der Waals surface area contributed by atoms with Crippen LogP contribution in [-0.4, -0.2) is 26.3 Å². The summed E-state index contributed by atoms with van der Waals surface area (Å²) in [6.07, 6.45) is 0. The summed E-state index contributed by atoms with van der Waals surface area (Å²) in [5.41, 5.74) is 0.152. The van der Waals surface area contributed by atoms with Gasteiger partial charge in [0.15, 0.2) is 0 Å². The van der Waals surface area contributed by atoms with E-state index in [1.807, 2.05) is 6.92 Å². The normalized spacial score (nSPS) is 11.4. The van der Waals surface area contributed by atoms with Gasteiger partial charge >= 0.3 is 5.69 Å². The molecule has 8 nitrogen and oxygen atoms in total. The SMILES string of the molecule is CC(=Nc1ccc(C(=O)[O-])cc1)c1c(O)n(-c2ccc(C)cc2)c(=O)[nH]c1=O. The molecule has 0 aliphatic heterocycles. The molecule has 0 fully saturated rings. The molecule has 0 unspecified atom stereocenters. The maximum absolute atomic E-state index is 12.3. The predicted octanol–water partition coefficient (Wildman–Crippen LogP) is 1.04. The van der Waals surface area contributed by atoms with Crippen molar-refractivity contribution in [3.05, 3.63) is 86.1 Å². The second-order valence-corrected chi connectivity index (χ2v) is 6.16. The Morgan fingerprint density at radius 2 is 1.68 bits per heavy atom. The highest BCUT2D eigenvalue weighted by Gasteiger charge is 2.18. The molecule has 0 radical (unpaired) electrons. The van der Waals surface area contributed by atoms with Crippen LogP contribution in [0.25, 0.3) is 5.69 Å². The highest BCUT2D eigenvalue weighted by molar-refractivity contribution is 6.01. The number of nitrogens with one attached hydrogen (secondary N) is 1. The van der Waals surface area contributed by atoms with Crippen molar-refractivity contribution in [1.29, 1.82) is 0 Å². The van der Waals surface area contributed by atoms with Crippen LogP contribution in [0, 0.1) is 6.92 Å². The van der Waals surface area contributed by atoms with Crippen molar-refractivity contribution in [2.75, 3.05) is 0 Å². The average Bonchev–Trinajstić information content (AvgIpc) is 2.63. The Labute approximate surface area is 159 Å². The van der Waals surface area contributed by atoms with Crippen LogP contribution in [0.3, 0.4) is 0 Å². The lowest BCUT2D eigenvalue weighted by molar-refractivity contribution is -0.255. The van der Waals surface area contributed by atoms with Gasteiger partial charge in [-0.05, 0) is 43.7 Å². The molecule has 0 aliphatic rings. The zero-order chi connectivity index (χ0) is 20.4. The van der Waals surface area contributed by atoms with E-state index in [0.29, 0.717) is 11.4 Å². The number of carbonyl (C=O) groups is 1. The van der Waals surface area contributed by atoms with E-state index in [4.69, 9.17) is 0 Å². The van der Waals surface area contributed by atoms with Crippen LogP contribution in [0.4, 0.5) is 5.69 Å². The minimum atomic E-state index is -1.31. The summed E-state index contributed by atoms with van der Waals surface area (Å²) in [5.74, 6) is -1.85.